The molecule has 1 rings (SSSR count). The maximum atomic E-state index is 12.0. The third-order valence-electron chi connectivity index (χ3n) is 2.82. The maximum absolute atomic E-state index is 12.0. The molecule has 94 valence electrons. The Morgan fingerprint density at radius 3 is 2.65 bits per heavy atom. The van der Waals surface area contributed by atoms with Crippen LogP contribution in [0.5, 0.6) is 0 Å². The molecule has 0 fully saturated rings. The highest BCUT2D eigenvalue weighted by Gasteiger charge is 2.16. The summed E-state index contributed by atoms with van der Waals surface area (Å²) in [5.41, 5.74) is 1.58. The molecule has 2 nitrogen and oxygen atoms in total. The molecule has 2 unspecified atom stereocenters. The number of amides is 1. The van der Waals surface area contributed by atoms with Gasteiger partial charge in [-0.25, -0.2) is 0 Å². The predicted molar refractivity (Wildman–Crippen MR) is 76.1 cm³/mol. The Morgan fingerprint density at radius 1 is 1.47 bits per heavy atom. The fourth-order valence-electron chi connectivity index (χ4n) is 1.36. The van der Waals surface area contributed by atoms with E-state index in [1.807, 2.05) is 19.9 Å². The van der Waals surface area contributed by atoms with Crippen LogP contribution in [0, 0.1) is 12.8 Å². The maximum Gasteiger partial charge on any atom is 0.253 e. The molecule has 1 aromatic carbocycles. The summed E-state index contributed by atoms with van der Waals surface area (Å²) in [5, 5.41) is 4.31. The normalized spacial score (nSPS) is 14.2. The highest BCUT2D eigenvalue weighted by Crippen LogP contribution is 2.18. The summed E-state index contributed by atoms with van der Waals surface area (Å²) >= 11 is 9.46. The molecule has 0 aliphatic rings. The quantitative estimate of drug-likeness (QED) is 0.841. The number of alkyl halides is 1. The van der Waals surface area contributed by atoms with Crippen molar-refractivity contribution in [2.75, 3.05) is 5.33 Å². The van der Waals surface area contributed by atoms with Crippen LogP contribution >= 0.6 is 27.5 Å². The summed E-state index contributed by atoms with van der Waals surface area (Å²) in [5.74, 6) is 0.262. The minimum atomic E-state index is -0.115. The second kappa shape index (κ2) is 6.41. The minimum absolute atomic E-state index is 0.110. The molecular formula is C13H17BrClNO. The zero-order chi connectivity index (χ0) is 13.0. The van der Waals surface area contributed by atoms with E-state index in [-0.39, 0.29) is 11.9 Å². The average molecular weight is 319 g/mol. The highest BCUT2D eigenvalue weighted by molar-refractivity contribution is 9.09. The summed E-state index contributed by atoms with van der Waals surface area (Å²) in [6, 6.07) is 5.56. The van der Waals surface area contributed by atoms with Crippen LogP contribution in [0.3, 0.4) is 0 Å². The van der Waals surface area contributed by atoms with Crippen LogP contribution in [0.1, 0.15) is 29.8 Å². The van der Waals surface area contributed by atoms with E-state index in [9.17, 15) is 4.79 Å². The summed E-state index contributed by atoms with van der Waals surface area (Å²) in [7, 11) is 0. The number of rotatable bonds is 4. The molecule has 0 aliphatic carbocycles. The van der Waals surface area contributed by atoms with Gasteiger partial charge in [0.1, 0.15) is 0 Å². The molecule has 17 heavy (non-hydrogen) atoms. The van der Waals surface area contributed by atoms with Crippen molar-refractivity contribution in [3.63, 3.8) is 0 Å². The average Bonchev–Trinajstić information content (AvgIpc) is 2.27. The number of halogens is 2. The number of hydrogen-bond donors (Lipinski definition) is 1. The molecule has 1 amide bonds. The van der Waals surface area contributed by atoms with Gasteiger partial charge in [-0.1, -0.05) is 40.5 Å². The van der Waals surface area contributed by atoms with Gasteiger partial charge in [0.05, 0.1) is 10.6 Å². The molecule has 0 aliphatic heterocycles. The van der Waals surface area contributed by atoms with Gasteiger partial charge in [-0.3, -0.25) is 4.79 Å². The Labute approximate surface area is 116 Å². The number of nitrogens with one attached hydrogen (secondary N) is 1. The third-order valence-corrected chi connectivity index (χ3v) is 4.16. The molecular weight excluding hydrogens is 302 g/mol. The molecule has 1 aromatic rings. The summed E-state index contributed by atoms with van der Waals surface area (Å²) in [4.78, 5) is 12.0. The van der Waals surface area contributed by atoms with E-state index in [1.165, 1.54) is 0 Å². The lowest BCUT2D eigenvalue weighted by Gasteiger charge is -2.19. The molecule has 2 atom stereocenters. The predicted octanol–water partition coefficient (Wildman–Crippen LogP) is 3.80. The van der Waals surface area contributed by atoms with Gasteiger partial charge in [0.2, 0.25) is 0 Å². The minimum Gasteiger partial charge on any atom is -0.349 e. The van der Waals surface area contributed by atoms with E-state index in [0.717, 1.165) is 10.9 Å². The first kappa shape index (κ1) is 14.5. The molecule has 0 heterocycles. The monoisotopic (exact) mass is 317 g/mol. The van der Waals surface area contributed by atoms with Crippen LogP contribution in [0.25, 0.3) is 0 Å². The van der Waals surface area contributed by atoms with Crippen LogP contribution in [-0.2, 0) is 0 Å². The van der Waals surface area contributed by atoms with Gasteiger partial charge in [0.15, 0.2) is 0 Å². The zero-order valence-electron chi connectivity index (χ0n) is 10.3. The van der Waals surface area contributed by atoms with Crippen LogP contribution < -0.4 is 5.32 Å². The van der Waals surface area contributed by atoms with Crippen LogP contribution in [-0.4, -0.2) is 17.3 Å². The Kier molecular flexibility index (Phi) is 5.47. The smallest absolute Gasteiger partial charge is 0.253 e. The Hall–Kier alpha value is -0.540. The van der Waals surface area contributed by atoms with Crippen LogP contribution in [0.15, 0.2) is 18.2 Å². The zero-order valence-corrected chi connectivity index (χ0v) is 12.6. The molecule has 1 N–H and O–H groups in total. The fourth-order valence-corrected chi connectivity index (χ4v) is 2.25. The van der Waals surface area contributed by atoms with Gasteiger partial charge in [0, 0.05) is 11.4 Å². The number of benzene rings is 1. The molecule has 0 spiro atoms. The Bertz CT molecular complexity index is 408. The second-order valence-corrected chi connectivity index (χ2v) is 5.43. The van der Waals surface area contributed by atoms with Crippen molar-refractivity contribution in [3.05, 3.63) is 34.3 Å². The summed E-state index contributed by atoms with van der Waals surface area (Å²) in [6.07, 6.45) is 0. The first-order valence-corrected chi connectivity index (χ1v) is 7.08. The number of carbonyl (C=O) groups is 1. The first-order chi connectivity index (χ1) is 7.95. The van der Waals surface area contributed by atoms with E-state index < -0.39 is 0 Å². The van der Waals surface area contributed by atoms with Crippen LogP contribution in [0.2, 0.25) is 5.02 Å². The van der Waals surface area contributed by atoms with Crippen LogP contribution in [0.4, 0.5) is 0 Å². The van der Waals surface area contributed by atoms with E-state index >= 15 is 0 Å². The van der Waals surface area contributed by atoms with Gasteiger partial charge >= 0.3 is 0 Å². The van der Waals surface area contributed by atoms with Crippen molar-refractivity contribution in [1.29, 1.82) is 0 Å². The summed E-state index contributed by atoms with van der Waals surface area (Å²) < 4.78 is 0. The number of aryl methyl sites for hydroxylation is 1. The molecule has 0 radical (unpaired) electrons. The van der Waals surface area contributed by atoms with Gasteiger partial charge < -0.3 is 5.32 Å². The first-order valence-electron chi connectivity index (χ1n) is 5.58. The third kappa shape index (κ3) is 4.00. The molecule has 4 heteroatoms. The van der Waals surface area contributed by atoms with E-state index in [0.29, 0.717) is 16.5 Å². The lowest BCUT2D eigenvalue weighted by molar-refractivity contribution is 0.0931. The highest BCUT2D eigenvalue weighted by atomic mass is 79.9. The van der Waals surface area contributed by atoms with Crippen molar-refractivity contribution in [2.24, 2.45) is 5.92 Å². The van der Waals surface area contributed by atoms with Gasteiger partial charge in [-0.05, 0) is 37.5 Å². The SMILES string of the molecule is Cc1ccc(C(=O)NC(C)C(C)CBr)c(Cl)c1. The second-order valence-electron chi connectivity index (χ2n) is 4.38. The summed E-state index contributed by atoms with van der Waals surface area (Å²) in [6.45, 7) is 6.02. The van der Waals surface area contributed by atoms with E-state index in [4.69, 9.17) is 11.6 Å². The standard InChI is InChI=1S/C13H17BrClNO/c1-8-4-5-11(12(15)6-8)13(17)16-10(3)9(2)7-14/h4-6,9-10H,7H2,1-3H3,(H,16,17). The van der Waals surface area contributed by atoms with Crippen molar-refractivity contribution in [1.82, 2.24) is 5.32 Å². The topological polar surface area (TPSA) is 29.1 Å². The van der Waals surface area contributed by atoms with Gasteiger partial charge in [-0.15, -0.1) is 0 Å². The number of hydrogen-bond acceptors (Lipinski definition) is 1. The lowest BCUT2D eigenvalue weighted by Crippen LogP contribution is -2.37. The molecule has 0 bridgehead atoms. The van der Waals surface area contributed by atoms with Gasteiger partial charge in [-0.2, -0.15) is 0 Å². The van der Waals surface area contributed by atoms with E-state index in [2.05, 4.69) is 28.2 Å². The molecule has 0 saturated carbocycles. The van der Waals surface area contributed by atoms with Crippen molar-refractivity contribution in [3.8, 4) is 0 Å². The number of carbonyl (C=O) groups excluding carboxylic acids is 1. The Balaban J connectivity index is 2.76. The Morgan fingerprint density at radius 2 is 2.12 bits per heavy atom. The van der Waals surface area contributed by atoms with Crippen molar-refractivity contribution < 1.29 is 4.79 Å². The van der Waals surface area contributed by atoms with E-state index in [1.54, 1.807) is 12.1 Å². The fraction of sp³-hybridized carbons (Fsp3) is 0.462. The van der Waals surface area contributed by atoms with Crippen molar-refractivity contribution >= 4 is 33.4 Å². The molecule has 0 saturated heterocycles. The largest absolute Gasteiger partial charge is 0.349 e. The molecule has 0 aromatic heterocycles. The lowest BCUT2D eigenvalue weighted by atomic mass is 10.1. The van der Waals surface area contributed by atoms with Gasteiger partial charge in [0.25, 0.3) is 5.91 Å². The van der Waals surface area contributed by atoms with Crippen molar-refractivity contribution in [2.45, 2.75) is 26.8 Å².